The quantitative estimate of drug-likeness (QED) is 0.456. The molecule has 4 rings (SSSR count). The summed E-state index contributed by atoms with van der Waals surface area (Å²) in [5.41, 5.74) is 5.74. The Hall–Kier alpha value is -2.70. The van der Waals surface area contributed by atoms with Crippen molar-refractivity contribution in [1.29, 1.82) is 0 Å². The van der Waals surface area contributed by atoms with Gasteiger partial charge in [-0.25, -0.2) is 12.7 Å². The van der Waals surface area contributed by atoms with Crippen LogP contribution in [-0.4, -0.2) is 81.8 Å². The molecule has 2 aromatic rings. The number of nitrogens with two attached hydrogens (primary N) is 1. The van der Waals surface area contributed by atoms with Crippen LogP contribution in [0.4, 0.5) is 30.2 Å². The normalized spacial score (nSPS) is 18.5. The van der Waals surface area contributed by atoms with Crippen molar-refractivity contribution in [2.24, 2.45) is 0 Å². The van der Waals surface area contributed by atoms with Crippen molar-refractivity contribution in [1.82, 2.24) is 9.21 Å². The highest BCUT2D eigenvalue weighted by molar-refractivity contribution is 7.89. The second kappa shape index (κ2) is 12.0. The van der Waals surface area contributed by atoms with Crippen LogP contribution in [0, 0.1) is 0 Å². The monoisotopic (exact) mass is 555 g/mol. The molecular weight excluding hydrogens is 519 g/mol. The van der Waals surface area contributed by atoms with Gasteiger partial charge in [-0.15, -0.1) is 0 Å². The van der Waals surface area contributed by atoms with Crippen LogP contribution in [0.1, 0.15) is 25.3 Å². The Balaban J connectivity index is 1.21. The van der Waals surface area contributed by atoms with Crippen molar-refractivity contribution >= 4 is 27.1 Å². The predicted molar refractivity (Wildman–Crippen MR) is 144 cm³/mol. The van der Waals surface area contributed by atoms with E-state index in [-0.39, 0.29) is 17.5 Å². The van der Waals surface area contributed by atoms with Crippen LogP contribution in [0.25, 0.3) is 0 Å². The first-order valence-electron chi connectivity index (χ1n) is 13.0. The molecule has 2 aliphatic heterocycles. The van der Waals surface area contributed by atoms with E-state index in [0.29, 0.717) is 44.8 Å². The predicted octanol–water partition coefficient (Wildman–Crippen LogP) is 3.71. The topological polar surface area (TPSA) is 91.1 Å². The van der Waals surface area contributed by atoms with Crippen LogP contribution < -0.4 is 20.7 Å². The fraction of sp³-hybridized carbons (Fsp3) is 0.538. The number of anilines is 3. The molecular formula is C26H36F3N5O3S. The second-order valence-corrected chi connectivity index (χ2v) is 11.8. The summed E-state index contributed by atoms with van der Waals surface area (Å²) in [5, 5.41) is 3.11. The maximum atomic E-state index is 13.1. The largest absolute Gasteiger partial charge is 0.494 e. The van der Waals surface area contributed by atoms with Gasteiger partial charge < -0.3 is 20.7 Å². The number of ether oxygens (including phenoxy) is 1. The summed E-state index contributed by atoms with van der Waals surface area (Å²) in [6.45, 7) is 6.97. The van der Waals surface area contributed by atoms with Gasteiger partial charge in [0.15, 0.2) is 0 Å². The molecule has 0 atom stereocenters. The lowest BCUT2D eigenvalue weighted by Crippen LogP contribution is -2.49. The van der Waals surface area contributed by atoms with Crippen LogP contribution in [-0.2, 0) is 16.2 Å². The number of nitrogens with one attached hydrogen (secondary N) is 1. The molecule has 12 heteroatoms. The molecule has 0 aliphatic carbocycles. The minimum atomic E-state index is -4.53. The Morgan fingerprint density at radius 1 is 1.00 bits per heavy atom. The standard InChI is InChI=1S/C26H36F3N5O3S/c1-2-37-23-6-4-22(5-7-23)33-15-13-32(14-16-33)17-18-38(35,36)34-11-9-20(10-12-34)31-21-3-8-25(30)24(19-21)26(27,28)29/h3-8,19-20,31H,2,9-18,30H2,1H3. The third-order valence-corrected chi connectivity index (χ3v) is 8.98. The molecule has 2 heterocycles. The van der Waals surface area contributed by atoms with E-state index in [1.807, 2.05) is 31.2 Å². The maximum Gasteiger partial charge on any atom is 0.418 e. The zero-order chi connectivity index (χ0) is 27.3. The Labute approximate surface area is 222 Å². The zero-order valence-corrected chi connectivity index (χ0v) is 22.4. The second-order valence-electron chi connectivity index (χ2n) is 9.69. The highest BCUT2D eigenvalue weighted by atomic mass is 32.2. The highest BCUT2D eigenvalue weighted by Crippen LogP contribution is 2.35. The van der Waals surface area contributed by atoms with Crippen LogP contribution in [0.3, 0.4) is 0 Å². The molecule has 0 aromatic heterocycles. The molecule has 2 aromatic carbocycles. The lowest BCUT2D eigenvalue weighted by atomic mass is 10.1. The Morgan fingerprint density at radius 3 is 2.26 bits per heavy atom. The van der Waals surface area contributed by atoms with Crippen molar-refractivity contribution in [2.45, 2.75) is 32.0 Å². The molecule has 0 radical (unpaired) electrons. The molecule has 2 aliphatic rings. The Bertz CT molecular complexity index is 1160. The number of piperazine rings is 1. The van der Waals surface area contributed by atoms with Gasteiger partial charge in [0.2, 0.25) is 10.0 Å². The number of sulfonamides is 1. The van der Waals surface area contributed by atoms with Gasteiger partial charge in [-0.1, -0.05) is 0 Å². The fourth-order valence-corrected chi connectivity index (χ4v) is 6.44. The van der Waals surface area contributed by atoms with Crippen molar-refractivity contribution in [3.63, 3.8) is 0 Å². The average molecular weight is 556 g/mol. The van der Waals surface area contributed by atoms with Crippen molar-refractivity contribution in [3.05, 3.63) is 48.0 Å². The van der Waals surface area contributed by atoms with E-state index in [1.54, 1.807) is 0 Å². The third kappa shape index (κ3) is 7.23. The minimum Gasteiger partial charge on any atom is -0.494 e. The fourth-order valence-electron chi connectivity index (χ4n) is 4.93. The summed E-state index contributed by atoms with van der Waals surface area (Å²) in [6.07, 6.45) is -3.49. The Morgan fingerprint density at radius 2 is 1.66 bits per heavy atom. The van der Waals surface area contributed by atoms with E-state index in [9.17, 15) is 21.6 Å². The third-order valence-electron chi connectivity index (χ3n) is 7.13. The van der Waals surface area contributed by atoms with Gasteiger partial charge in [-0.2, -0.15) is 13.2 Å². The Kier molecular flexibility index (Phi) is 8.94. The maximum absolute atomic E-state index is 13.1. The number of rotatable bonds is 9. The first kappa shape index (κ1) is 28.3. The van der Waals surface area contributed by atoms with Gasteiger partial charge in [-0.05, 0) is 62.2 Å². The van der Waals surface area contributed by atoms with Gasteiger partial charge in [0.05, 0.1) is 17.9 Å². The van der Waals surface area contributed by atoms with Gasteiger partial charge in [0.1, 0.15) is 5.75 Å². The molecule has 2 saturated heterocycles. The average Bonchev–Trinajstić information content (AvgIpc) is 2.89. The smallest absolute Gasteiger partial charge is 0.418 e. The molecule has 0 unspecified atom stereocenters. The molecule has 2 fully saturated rings. The van der Waals surface area contributed by atoms with E-state index < -0.39 is 21.8 Å². The minimum absolute atomic E-state index is 0.0566. The van der Waals surface area contributed by atoms with E-state index in [4.69, 9.17) is 10.5 Å². The summed E-state index contributed by atoms with van der Waals surface area (Å²) in [5.74, 6) is 0.905. The van der Waals surface area contributed by atoms with E-state index in [1.165, 1.54) is 16.4 Å². The van der Waals surface area contributed by atoms with Crippen LogP contribution >= 0.6 is 0 Å². The molecule has 3 N–H and O–H groups in total. The van der Waals surface area contributed by atoms with Crippen LogP contribution in [0.2, 0.25) is 0 Å². The molecule has 0 bridgehead atoms. The van der Waals surface area contributed by atoms with E-state index in [0.717, 1.165) is 43.7 Å². The molecule has 0 spiro atoms. The lowest BCUT2D eigenvalue weighted by molar-refractivity contribution is -0.136. The molecule has 8 nitrogen and oxygen atoms in total. The van der Waals surface area contributed by atoms with Gasteiger partial charge >= 0.3 is 6.18 Å². The lowest BCUT2D eigenvalue weighted by Gasteiger charge is -2.37. The summed E-state index contributed by atoms with van der Waals surface area (Å²) in [4.78, 5) is 4.47. The summed E-state index contributed by atoms with van der Waals surface area (Å²) >= 11 is 0. The number of nitrogen functional groups attached to an aromatic ring is 1. The number of halogens is 3. The van der Waals surface area contributed by atoms with Crippen molar-refractivity contribution in [2.75, 3.05) is 74.1 Å². The van der Waals surface area contributed by atoms with Crippen LogP contribution in [0.15, 0.2) is 42.5 Å². The molecule has 210 valence electrons. The van der Waals surface area contributed by atoms with Gasteiger partial charge in [0, 0.05) is 68.9 Å². The van der Waals surface area contributed by atoms with E-state index in [2.05, 4.69) is 15.1 Å². The van der Waals surface area contributed by atoms with Crippen molar-refractivity contribution in [3.8, 4) is 5.75 Å². The number of hydrogen-bond acceptors (Lipinski definition) is 7. The van der Waals surface area contributed by atoms with Crippen LogP contribution in [0.5, 0.6) is 5.75 Å². The first-order valence-corrected chi connectivity index (χ1v) is 14.6. The molecule has 0 saturated carbocycles. The molecule has 0 amide bonds. The SMILES string of the molecule is CCOc1ccc(N2CCN(CCS(=O)(=O)N3CCC(Nc4ccc(N)c(C(F)(F)F)c4)CC3)CC2)cc1. The number of hydrogen-bond donors (Lipinski definition) is 2. The number of piperidine rings is 1. The summed E-state index contributed by atoms with van der Waals surface area (Å²) < 4.78 is 72.4. The van der Waals surface area contributed by atoms with Crippen molar-refractivity contribution < 1.29 is 26.3 Å². The van der Waals surface area contributed by atoms with Gasteiger partial charge in [0.25, 0.3) is 0 Å². The zero-order valence-electron chi connectivity index (χ0n) is 21.6. The summed E-state index contributed by atoms with van der Waals surface area (Å²) in [7, 11) is -3.42. The van der Waals surface area contributed by atoms with E-state index >= 15 is 0 Å². The first-order chi connectivity index (χ1) is 18.0. The highest BCUT2D eigenvalue weighted by Gasteiger charge is 2.34. The number of benzene rings is 2. The molecule has 38 heavy (non-hydrogen) atoms. The summed E-state index contributed by atoms with van der Waals surface area (Å²) in [6, 6.07) is 11.7. The number of nitrogens with zero attached hydrogens (tertiary/aromatic N) is 3. The van der Waals surface area contributed by atoms with Gasteiger partial charge in [-0.3, -0.25) is 4.90 Å². The number of alkyl halides is 3.